The number of fused-ring (bicyclic) bond motifs is 1. The minimum absolute atomic E-state index is 0.638. The molecule has 2 nitrogen and oxygen atoms in total. The zero-order valence-corrected chi connectivity index (χ0v) is 12.0. The van der Waals surface area contributed by atoms with Crippen LogP contribution in [0.25, 0.3) is 10.9 Å². The maximum atomic E-state index is 6.29. The largest absolute Gasteiger partial charge is 0.302 e. The van der Waals surface area contributed by atoms with Gasteiger partial charge in [-0.3, -0.25) is 0 Å². The van der Waals surface area contributed by atoms with E-state index in [1.807, 2.05) is 18.2 Å². The summed E-state index contributed by atoms with van der Waals surface area (Å²) in [5.74, 6) is 0.886. The van der Waals surface area contributed by atoms with Gasteiger partial charge < -0.3 is 4.90 Å². The van der Waals surface area contributed by atoms with Crippen LogP contribution in [0, 0.1) is 5.92 Å². The molecule has 0 spiro atoms. The fourth-order valence-electron chi connectivity index (χ4n) is 2.72. The Balaban J connectivity index is 1.77. The Bertz CT molecular complexity index is 578. The average molecular weight is 275 g/mol. The van der Waals surface area contributed by atoms with E-state index >= 15 is 0 Å². The summed E-state index contributed by atoms with van der Waals surface area (Å²) in [4.78, 5) is 6.84. The lowest BCUT2D eigenvalue weighted by molar-refractivity contribution is 0.200. The monoisotopic (exact) mass is 274 g/mol. The molecule has 0 bridgehead atoms. The lowest BCUT2D eigenvalue weighted by Crippen LogP contribution is -2.29. The fourth-order valence-corrected chi connectivity index (χ4v) is 2.92. The molecule has 0 N–H and O–H groups in total. The van der Waals surface area contributed by atoms with E-state index in [2.05, 4.69) is 29.1 Å². The predicted octanol–water partition coefficient (Wildman–Crippen LogP) is 4.12. The molecule has 0 unspecified atom stereocenters. The first-order chi connectivity index (χ1) is 9.22. The summed E-state index contributed by atoms with van der Waals surface area (Å²) >= 11 is 6.29. The van der Waals surface area contributed by atoms with Gasteiger partial charge in [-0.15, -0.1) is 0 Å². The van der Waals surface area contributed by atoms with E-state index in [4.69, 9.17) is 11.6 Å². The molecule has 2 aromatic rings. The third-order valence-electron chi connectivity index (χ3n) is 3.98. The van der Waals surface area contributed by atoms with Gasteiger partial charge >= 0.3 is 0 Å². The normalized spacial score (nSPS) is 15.9. The first kappa shape index (κ1) is 12.9. The molecule has 1 heterocycles. The Morgan fingerprint density at radius 1 is 1.32 bits per heavy atom. The van der Waals surface area contributed by atoms with Crippen LogP contribution in [-0.4, -0.2) is 23.5 Å². The predicted molar refractivity (Wildman–Crippen MR) is 80.4 cm³/mol. The first-order valence-electron chi connectivity index (χ1n) is 6.95. The average Bonchev–Trinajstić information content (AvgIpc) is 2.35. The van der Waals surface area contributed by atoms with Crippen LogP contribution in [-0.2, 0) is 6.54 Å². The lowest BCUT2D eigenvalue weighted by Gasteiger charge is -2.30. The van der Waals surface area contributed by atoms with Gasteiger partial charge in [-0.1, -0.05) is 36.2 Å². The Labute approximate surface area is 119 Å². The van der Waals surface area contributed by atoms with E-state index in [1.165, 1.54) is 31.2 Å². The number of benzene rings is 1. The maximum Gasteiger partial charge on any atom is 0.134 e. The molecular formula is C16H19ClN2. The van der Waals surface area contributed by atoms with Crippen LogP contribution in [0.15, 0.2) is 30.3 Å². The van der Waals surface area contributed by atoms with E-state index in [-0.39, 0.29) is 0 Å². The molecule has 1 aromatic heterocycles. The van der Waals surface area contributed by atoms with E-state index in [9.17, 15) is 0 Å². The van der Waals surface area contributed by atoms with E-state index in [0.29, 0.717) is 5.15 Å². The topological polar surface area (TPSA) is 16.1 Å². The van der Waals surface area contributed by atoms with Crippen molar-refractivity contribution < 1.29 is 0 Å². The molecule has 1 aromatic carbocycles. The summed E-state index contributed by atoms with van der Waals surface area (Å²) in [7, 11) is 2.17. The molecule has 3 rings (SSSR count). The highest BCUT2D eigenvalue weighted by atomic mass is 35.5. The zero-order chi connectivity index (χ0) is 13.2. The van der Waals surface area contributed by atoms with Gasteiger partial charge in [-0.05, 0) is 37.9 Å². The minimum atomic E-state index is 0.638. The van der Waals surface area contributed by atoms with Crippen LogP contribution < -0.4 is 0 Å². The van der Waals surface area contributed by atoms with Crippen molar-refractivity contribution >= 4 is 22.5 Å². The van der Waals surface area contributed by atoms with Crippen LogP contribution in [0.2, 0.25) is 5.15 Å². The minimum Gasteiger partial charge on any atom is -0.302 e. The summed E-state index contributed by atoms with van der Waals surface area (Å²) < 4.78 is 0. The Morgan fingerprint density at radius 3 is 2.84 bits per heavy atom. The number of nitrogens with zero attached hydrogens (tertiary/aromatic N) is 2. The van der Waals surface area contributed by atoms with Crippen molar-refractivity contribution in [3.63, 3.8) is 0 Å². The molecule has 3 heteroatoms. The SMILES string of the molecule is CN(Cc1cc2ccccc2nc1Cl)CC1CCC1. The highest BCUT2D eigenvalue weighted by Gasteiger charge is 2.19. The van der Waals surface area contributed by atoms with Crippen molar-refractivity contribution in [3.8, 4) is 0 Å². The van der Waals surface area contributed by atoms with Gasteiger partial charge in [0.1, 0.15) is 5.15 Å². The second kappa shape index (κ2) is 5.48. The third-order valence-corrected chi connectivity index (χ3v) is 4.31. The van der Waals surface area contributed by atoms with Crippen molar-refractivity contribution in [2.45, 2.75) is 25.8 Å². The number of rotatable bonds is 4. The third kappa shape index (κ3) is 2.90. The Hall–Kier alpha value is -1.12. The summed E-state index contributed by atoms with van der Waals surface area (Å²) in [5.41, 5.74) is 2.10. The Kier molecular flexibility index (Phi) is 3.72. The second-order valence-electron chi connectivity index (χ2n) is 5.62. The van der Waals surface area contributed by atoms with Crippen LogP contribution in [0.5, 0.6) is 0 Å². The van der Waals surface area contributed by atoms with Crippen LogP contribution in [0.4, 0.5) is 0 Å². The standard InChI is InChI=1S/C16H19ClN2/c1-19(10-12-5-4-6-12)11-14-9-13-7-2-3-8-15(13)18-16(14)17/h2-3,7-9,12H,4-6,10-11H2,1H3. The Morgan fingerprint density at radius 2 is 2.11 bits per heavy atom. The number of hydrogen-bond donors (Lipinski definition) is 0. The van der Waals surface area contributed by atoms with E-state index in [1.54, 1.807) is 0 Å². The maximum absolute atomic E-state index is 6.29. The van der Waals surface area contributed by atoms with Gasteiger partial charge in [0.05, 0.1) is 5.52 Å². The number of aromatic nitrogens is 1. The quantitative estimate of drug-likeness (QED) is 0.780. The molecule has 0 aliphatic heterocycles. The number of hydrogen-bond acceptors (Lipinski definition) is 2. The molecule has 0 saturated heterocycles. The van der Waals surface area contributed by atoms with E-state index in [0.717, 1.165) is 23.5 Å². The van der Waals surface area contributed by atoms with Crippen molar-refractivity contribution in [1.29, 1.82) is 0 Å². The van der Waals surface area contributed by atoms with Crippen molar-refractivity contribution in [2.24, 2.45) is 5.92 Å². The van der Waals surface area contributed by atoms with Gasteiger partial charge in [0.2, 0.25) is 0 Å². The number of para-hydroxylation sites is 1. The number of pyridine rings is 1. The van der Waals surface area contributed by atoms with Gasteiger partial charge in [-0.25, -0.2) is 4.98 Å². The highest BCUT2D eigenvalue weighted by molar-refractivity contribution is 6.30. The van der Waals surface area contributed by atoms with Gasteiger partial charge in [0.15, 0.2) is 0 Å². The number of halogens is 1. The molecule has 0 radical (unpaired) electrons. The molecule has 1 aliphatic carbocycles. The van der Waals surface area contributed by atoms with Crippen LogP contribution in [0.3, 0.4) is 0 Å². The summed E-state index contributed by atoms with van der Waals surface area (Å²) in [5, 5.41) is 1.80. The van der Waals surface area contributed by atoms with Gasteiger partial charge in [-0.2, -0.15) is 0 Å². The van der Waals surface area contributed by atoms with Gasteiger partial charge in [0.25, 0.3) is 0 Å². The molecule has 19 heavy (non-hydrogen) atoms. The molecule has 100 valence electrons. The molecule has 1 saturated carbocycles. The smallest absolute Gasteiger partial charge is 0.134 e. The molecular weight excluding hydrogens is 256 g/mol. The van der Waals surface area contributed by atoms with Crippen LogP contribution in [0.1, 0.15) is 24.8 Å². The molecule has 1 aliphatic rings. The highest BCUT2D eigenvalue weighted by Crippen LogP contribution is 2.28. The summed E-state index contributed by atoms with van der Waals surface area (Å²) in [6.07, 6.45) is 4.17. The van der Waals surface area contributed by atoms with Gasteiger partial charge in [0, 0.05) is 24.0 Å². The zero-order valence-electron chi connectivity index (χ0n) is 11.3. The fraction of sp³-hybridized carbons (Fsp3) is 0.438. The first-order valence-corrected chi connectivity index (χ1v) is 7.33. The molecule has 1 fully saturated rings. The van der Waals surface area contributed by atoms with Crippen molar-refractivity contribution in [1.82, 2.24) is 9.88 Å². The lowest BCUT2D eigenvalue weighted by atomic mass is 9.85. The van der Waals surface area contributed by atoms with E-state index < -0.39 is 0 Å². The summed E-state index contributed by atoms with van der Waals surface area (Å²) in [6, 6.07) is 10.3. The summed E-state index contributed by atoms with van der Waals surface area (Å²) in [6.45, 7) is 2.05. The van der Waals surface area contributed by atoms with Crippen molar-refractivity contribution in [2.75, 3.05) is 13.6 Å². The van der Waals surface area contributed by atoms with Crippen LogP contribution >= 0.6 is 11.6 Å². The molecule has 0 amide bonds. The second-order valence-corrected chi connectivity index (χ2v) is 5.98. The van der Waals surface area contributed by atoms with Crippen molar-refractivity contribution in [3.05, 3.63) is 41.0 Å². The molecule has 0 atom stereocenters.